The smallest absolute Gasteiger partial charge is 0.0471 e. The zero-order valence-corrected chi connectivity index (χ0v) is 12.8. The largest absolute Gasteiger partial charge is 0.374 e. The van der Waals surface area contributed by atoms with Crippen LogP contribution in [-0.2, 0) is 6.54 Å². The second-order valence-electron chi connectivity index (χ2n) is 5.69. The molecular formula is C16H25ClN2. The number of nitrogens with one attached hydrogen (secondary N) is 1. The highest BCUT2D eigenvalue weighted by molar-refractivity contribution is 6.31. The number of nitrogens with zero attached hydrogens (tertiary/aromatic N) is 1. The highest BCUT2D eigenvalue weighted by Gasteiger charge is 2.16. The summed E-state index contributed by atoms with van der Waals surface area (Å²) in [6, 6.07) is 6.41. The molecule has 1 fully saturated rings. The van der Waals surface area contributed by atoms with E-state index in [0.717, 1.165) is 24.0 Å². The van der Waals surface area contributed by atoms with Crippen LogP contribution in [0.1, 0.15) is 37.7 Å². The summed E-state index contributed by atoms with van der Waals surface area (Å²) in [4.78, 5) is 2.35. The second kappa shape index (κ2) is 7.16. The third-order valence-electron chi connectivity index (χ3n) is 4.10. The summed E-state index contributed by atoms with van der Waals surface area (Å²) in [6.45, 7) is 1.98. The van der Waals surface area contributed by atoms with Crippen LogP contribution in [0.3, 0.4) is 0 Å². The van der Waals surface area contributed by atoms with Crippen molar-refractivity contribution in [2.24, 2.45) is 5.92 Å². The highest BCUT2D eigenvalue weighted by atomic mass is 35.5. The minimum Gasteiger partial charge on any atom is -0.374 e. The van der Waals surface area contributed by atoms with Crippen molar-refractivity contribution in [1.29, 1.82) is 0 Å². The molecule has 1 N–H and O–H groups in total. The van der Waals surface area contributed by atoms with E-state index in [4.69, 9.17) is 11.6 Å². The zero-order valence-electron chi connectivity index (χ0n) is 12.1. The van der Waals surface area contributed by atoms with Gasteiger partial charge in [-0.2, -0.15) is 0 Å². The first-order valence-corrected chi connectivity index (χ1v) is 7.72. The Balaban J connectivity index is 1.98. The van der Waals surface area contributed by atoms with Gasteiger partial charge in [-0.25, -0.2) is 0 Å². The topological polar surface area (TPSA) is 15.3 Å². The molecule has 0 bridgehead atoms. The van der Waals surface area contributed by atoms with Gasteiger partial charge in [-0.3, -0.25) is 0 Å². The molecule has 0 aromatic heterocycles. The Hall–Kier alpha value is -0.730. The molecule has 0 spiro atoms. The van der Waals surface area contributed by atoms with Gasteiger partial charge in [0.25, 0.3) is 0 Å². The fourth-order valence-electron chi connectivity index (χ4n) is 2.97. The zero-order chi connectivity index (χ0) is 13.7. The van der Waals surface area contributed by atoms with E-state index in [9.17, 15) is 0 Å². The molecule has 1 saturated carbocycles. The lowest BCUT2D eigenvalue weighted by Gasteiger charge is -2.28. The molecule has 1 aliphatic rings. The Bertz CT molecular complexity index is 400. The van der Waals surface area contributed by atoms with Crippen molar-refractivity contribution in [3.05, 3.63) is 28.8 Å². The quantitative estimate of drug-likeness (QED) is 0.874. The Labute approximate surface area is 122 Å². The molecule has 0 saturated heterocycles. The standard InChI is InChI=1S/C16H25ClN2/c1-18-11-14-8-9-15(10-16(14)17)19(2)12-13-6-4-3-5-7-13/h8-10,13,18H,3-7,11-12H2,1-2H3. The van der Waals surface area contributed by atoms with Gasteiger partial charge in [-0.15, -0.1) is 0 Å². The van der Waals surface area contributed by atoms with E-state index >= 15 is 0 Å². The van der Waals surface area contributed by atoms with E-state index in [1.807, 2.05) is 7.05 Å². The van der Waals surface area contributed by atoms with Gasteiger partial charge in [-0.05, 0) is 43.5 Å². The number of hydrogen-bond donors (Lipinski definition) is 1. The van der Waals surface area contributed by atoms with Crippen LogP contribution in [0.15, 0.2) is 18.2 Å². The van der Waals surface area contributed by atoms with Gasteiger partial charge in [0.15, 0.2) is 0 Å². The van der Waals surface area contributed by atoms with E-state index in [2.05, 4.69) is 35.5 Å². The molecule has 19 heavy (non-hydrogen) atoms. The minimum absolute atomic E-state index is 0.825. The summed E-state index contributed by atoms with van der Waals surface area (Å²) < 4.78 is 0. The van der Waals surface area contributed by atoms with Crippen LogP contribution in [0.25, 0.3) is 0 Å². The minimum atomic E-state index is 0.825. The molecule has 1 aromatic carbocycles. The average molecular weight is 281 g/mol. The van der Waals surface area contributed by atoms with Crippen LogP contribution < -0.4 is 10.2 Å². The van der Waals surface area contributed by atoms with Gasteiger partial charge in [-0.1, -0.05) is 36.9 Å². The van der Waals surface area contributed by atoms with Crippen LogP contribution in [-0.4, -0.2) is 20.6 Å². The van der Waals surface area contributed by atoms with E-state index in [1.165, 1.54) is 43.4 Å². The molecule has 1 aliphatic carbocycles. The van der Waals surface area contributed by atoms with Crippen molar-refractivity contribution < 1.29 is 0 Å². The van der Waals surface area contributed by atoms with Crippen molar-refractivity contribution in [2.75, 3.05) is 25.5 Å². The molecule has 106 valence electrons. The molecule has 0 radical (unpaired) electrons. The summed E-state index contributed by atoms with van der Waals surface area (Å²) in [5.74, 6) is 0.856. The third-order valence-corrected chi connectivity index (χ3v) is 4.45. The van der Waals surface area contributed by atoms with Gasteiger partial charge >= 0.3 is 0 Å². The van der Waals surface area contributed by atoms with E-state index in [0.29, 0.717) is 0 Å². The maximum atomic E-state index is 6.33. The first-order chi connectivity index (χ1) is 9.20. The third kappa shape index (κ3) is 4.12. The SMILES string of the molecule is CNCc1ccc(N(C)CC2CCCCC2)cc1Cl. The molecule has 2 nitrogen and oxygen atoms in total. The fraction of sp³-hybridized carbons (Fsp3) is 0.625. The van der Waals surface area contributed by atoms with Crippen molar-refractivity contribution in [3.8, 4) is 0 Å². The molecule has 0 heterocycles. The van der Waals surface area contributed by atoms with Crippen LogP contribution in [0, 0.1) is 5.92 Å². The first-order valence-electron chi connectivity index (χ1n) is 7.35. The Morgan fingerprint density at radius 2 is 2.00 bits per heavy atom. The summed E-state index contributed by atoms with van der Waals surface area (Å²) in [5, 5.41) is 4.00. The first kappa shape index (κ1) is 14.7. The Kier molecular flexibility index (Phi) is 5.53. The predicted molar refractivity (Wildman–Crippen MR) is 84.1 cm³/mol. The number of anilines is 1. The molecular weight excluding hydrogens is 256 g/mol. The number of benzene rings is 1. The molecule has 0 amide bonds. The van der Waals surface area contributed by atoms with E-state index < -0.39 is 0 Å². The van der Waals surface area contributed by atoms with Crippen LogP contribution in [0.2, 0.25) is 5.02 Å². The van der Waals surface area contributed by atoms with Crippen molar-refractivity contribution in [2.45, 2.75) is 38.6 Å². The molecule has 3 heteroatoms. The Morgan fingerprint density at radius 3 is 2.63 bits per heavy atom. The van der Waals surface area contributed by atoms with Gasteiger partial charge in [0.2, 0.25) is 0 Å². The summed E-state index contributed by atoms with van der Waals surface area (Å²) in [5.41, 5.74) is 2.40. The summed E-state index contributed by atoms with van der Waals surface area (Å²) in [6.07, 6.45) is 7.00. The van der Waals surface area contributed by atoms with Crippen LogP contribution >= 0.6 is 11.6 Å². The molecule has 0 aliphatic heterocycles. The van der Waals surface area contributed by atoms with E-state index in [1.54, 1.807) is 0 Å². The summed E-state index contributed by atoms with van der Waals surface area (Å²) in [7, 11) is 4.12. The Morgan fingerprint density at radius 1 is 1.26 bits per heavy atom. The molecule has 0 atom stereocenters. The number of halogens is 1. The lowest BCUT2D eigenvalue weighted by Crippen LogP contribution is -2.26. The van der Waals surface area contributed by atoms with Crippen molar-refractivity contribution in [3.63, 3.8) is 0 Å². The predicted octanol–water partition coefficient (Wildman–Crippen LogP) is 4.08. The normalized spacial score (nSPS) is 16.6. The molecule has 0 unspecified atom stereocenters. The number of hydrogen-bond acceptors (Lipinski definition) is 2. The van der Waals surface area contributed by atoms with Gasteiger partial charge in [0.1, 0.15) is 0 Å². The maximum absolute atomic E-state index is 6.33. The fourth-order valence-corrected chi connectivity index (χ4v) is 3.21. The second-order valence-corrected chi connectivity index (χ2v) is 6.10. The molecule has 1 aromatic rings. The number of rotatable bonds is 5. The van der Waals surface area contributed by atoms with Gasteiger partial charge in [0, 0.05) is 30.8 Å². The van der Waals surface area contributed by atoms with E-state index in [-0.39, 0.29) is 0 Å². The lowest BCUT2D eigenvalue weighted by atomic mass is 9.89. The molecule has 2 rings (SSSR count). The summed E-state index contributed by atoms with van der Waals surface area (Å²) >= 11 is 6.33. The van der Waals surface area contributed by atoms with Gasteiger partial charge in [0.05, 0.1) is 0 Å². The van der Waals surface area contributed by atoms with Gasteiger partial charge < -0.3 is 10.2 Å². The van der Waals surface area contributed by atoms with Crippen molar-refractivity contribution >= 4 is 17.3 Å². The van der Waals surface area contributed by atoms with Crippen LogP contribution in [0.5, 0.6) is 0 Å². The highest BCUT2D eigenvalue weighted by Crippen LogP contribution is 2.27. The van der Waals surface area contributed by atoms with Crippen LogP contribution in [0.4, 0.5) is 5.69 Å². The maximum Gasteiger partial charge on any atom is 0.0471 e. The van der Waals surface area contributed by atoms with Crippen molar-refractivity contribution in [1.82, 2.24) is 5.32 Å². The average Bonchev–Trinajstić information content (AvgIpc) is 2.42. The lowest BCUT2D eigenvalue weighted by molar-refractivity contribution is 0.362. The monoisotopic (exact) mass is 280 g/mol.